The Kier molecular flexibility index (Phi) is 3.29. The van der Waals surface area contributed by atoms with Crippen LogP contribution in [-0.4, -0.2) is 41.9 Å². The molecule has 0 radical (unpaired) electrons. The molecule has 1 heterocycles. The molecular formula is C12H15N3O3. The summed E-state index contributed by atoms with van der Waals surface area (Å²) in [7, 11) is 1.72. The zero-order chi connectivity index (χ0) is 13.3. The lowest BCUT2D eigenvalue weighted by Gasteiger charge is -2.35. The first kappa shape index (κ1) is 12.5. The Morgan fingerprint density at radius 3 is 2.61 bits per heavy atom. The van der Waals surface area contributed by atoms with Gasteiger partial charge in [-0.1, -0.05) is 0 Å². The Labute approximate surface area is 105 Å². The summed E-state index contributed by atoms with van der Waals surface area (Å²) in [5.74, 6) is -0.173. The van der Waals surface area contributed by atoms with E-state index in [0.29, 0.717) is 11.1 Å². The van der Waals surface area contributed by atoms with Gasteiger partial charge in [0, 0.05) is 37.8 Å². The van der Waals surface area contributed by atoms with Gasteiger partial charge < -0.3 is 10.2 Å². The van der Waals surface area contributed by atoms with Crippen LogP contribution in [0, 0.1) is 17.0 Å². The number of hydrogen-bond donors (Lipinski definition) is 1. The molecule has 1 saturated heterocycles. The summed E-state index contributed by atoms with van der Waals surface area (Å²) < 4.78 is 0. The largest absolute Gasteiger partial charge is 0.336 e. The van der Waals surface area contributed by atoms with Crippen LogP contribution >= 0.6 is 0 Å². The van der Waals surface area contributed by atoms with E-state index in [0.717, 1.165) is 13.1 Å². The van der Waals surface area contributed by atoms with Crippen molar-refractivity contribution < 1.29 is 9.72 Å². The summed E-state index contributed by atoms with van der Waals surface area (Å²) in [5.41, 5.74) is 1.04. The second-order valence-electron chi connectivity index (χ2n) is 4.54. The Hall–Kier alpha value is -1.95. The van der Waals surface area contributed by atoms with E-state index in [1.54, 1.807) is 24.9 Å². The third-order valence-electron chi connectivity index (χ3n) is 3.15. The molecule has 0 saturated carbocycles. The van der Waals surface area contributed by atoms with Gasteiger partial charge in [0.15, 0.2) is 0 Å². The summed E-state index contributed by atoms with van der Waals surface area (Å²) in [4.78, 5) is 24.1. The van der Waals surface area contributed by atoms with Gasteiger partial charge in [-0.3, -0.25) is 14.9 Å². The summed E-state index contributed by atoms with van der Waals surface area (Å²) in [6.07, 6.45) is 0. The lowest BCUT2D eigenvalue weighted by atomic mass is 10.1. The molecule has 0 spiro atoms. The molecule has 1 N–H and O–H groups in total. The van der Waals surface area contributed by atoms with Gasteiger partial charge in [-0.25, -0.2) is 0 Å². The minimum absolute atomic E-state index is 0.0431. The number of likely N-dealkylation sites (N-methyl/N-ethyl adjacent to an activating group) is 1. The highest BCUT2D eigenvalue weighted by molar-refractivity contribution is 5.95. The van der Waals surface area contributed by atoms with Gasteiger partial charge in [-0.15, -0.1) is 0 Å². The molecule has 1 fully saturated rings. The molecule has 0 bridgehead atoms. The molecular weight excluding hydrogens is 234 g/mol. The Morgan fingerprint density at radius 1 is 1.44 bits per heavy atom. The van der Waals surface area contributed by atoms with Crippen molar-refractivity contribution in [1.29, 1.82) is 0 Å². The van der Waals surface area contributed by atoms with Crippen molar-refractivity contribution in [1.82, 2.24) is 10.2 Å². The number of nitrogens with zero attached hydrogens (tertiary/aromatic N) is 2. The number of aryl methyl sites for hydroxylation is 1. The first-order valence-electron chi connectivity index (χ1n) is 5.73. The molecule has 1 aliphatic rings. The number of non-ortho nitro benzene ring substituents is 1. The summed E-state index contributed by atoms with van der Waals surface area (Å²) in [6, 6.07) is 4.65. The van der Waals surface area contributed by atoms with Gasteiger partial charge >= 0.3 is 0 Å². The van der Waals surface area contributed by atoms with E-state index in [-0.39, 0.29) is 17.6 Å². The van der Waals surface area contributed by atoms with Gasteiger partial charge in [0.05, 0.1) is 11.0 Å². The zero-order valence-corrected chi connectivity index (χ0v) is 10.3. The maximum absolute atomic E-state index is 12.2. The number of hydrogen-bond acceptors (Lipinski definition) is 4. The van der Waals surface area contributed by atoms with E-state index < -0.39 is 4.92 Å². The number of nitrogens with one attached hydrogen (secondary N) is 1. The van der Waals surface area contributed by atoms with Crippen LogP contribution < -0.4 is 5.32 Å². The SMILES string of the molecule is Cc1cc(C(=O)N(C)C2CNC2)cc([N+](=O)[O-])c1. The number of carbonyl (C=O) groups is 1. The van der Waals surface area contributed by atoms with Crippen LogP contribution in [0.4, 0.5) is 5.69 Å². The van der Waals surface area contributed by atoms with E-state index in [4.69, 9.17) is 0 Å². The summed E-state index contributed by atoms with van der Waals surface area (Å²) in [6.45, 7) is 3.29. The minimum Gasteiger partial charge on any atom is -0.336 e. The molecule has 2 rings (SSSR count). The molecule has 0 aromatic heterocycles. The number of nitro benzene ring substituents is 1. The summed E-state index contributed by atoms with van der Waals surface area (Å²) >= 11 is 0. The molecule has 96 valence electrons. The third-order valence-corrected chi connectivity index (χ3v) is 3.15. The Bertz CT molecular complexity index is 497. The van der Waals surface area contributed by atoms with E-state index >= 15 is 0 Å². The number of benzene rings is 1. The summed E-state index contributed by atoms with van der Waals surface area (Å²) in [5, 5.41) is 13.9. The van der Waals surface area contributed by atoms with Gasteiger partial charge in [-0.2, -0.15) is 0 Å². The fourth-order valence-electron chi connectivity index (χ4n) is 1.91. The van der Waals surface area contributed by atoms with Crippen LogP contribution in [0.25, 0.3) is 0 Å². The Morgan fingerprint density at radius 2 is 2.11 bits per heavy atom. The van der Waals surface area contributed by atoms with Gasteiger partial charge in [0.1, 0.15) is 0 Å². The highest BCUT2D eigenvalue weighted by atomic mass is 16.6. The van der Waals surface area contributed by atoms with Crippen LogP contribution in [0.2, 0.25) is 0 Å². The van der Waals surface area contributed by atoms with Crippen molar-refractivity contribution in [2.24, 2.45) is 0 Å². The van der Waals surface area contributed by atoms with Gasteiger partial charge in [-0.05, 0) is 18.6 Å². The van der Waals surface area contributed by atoms with Crippen LogP contribution in [0.15, 0.2) is 18.2 Å². The smallest absolute Gasteiger partial charge is 0.270 e. The number of amides is 1. The van der Waals surface area contributed by atoms with Crippen molar-refractivity contribution in [3.63, 3.8) is 0 Å². The monoisotopic (exact) mass is 249 g/mol. The van der Waals surface area contributed by atoms with Gasteiger partial charge in [0.25, 0.3) is 11.6 Å². The van der Waals surface area contributed by atoms with Crippen LogP contribution in [0.3, 0.4) is 0 Å². The van der Waals surface area contributed by atoms with Gasteiger partial charge in [0.2, 0.25) is 0 Å². The molecule has 0 aliphatic carbocycles. The quantitative estimate of drug-likeness (QED) is 0.639. The Balaban J connectivity index is 2.26. The average molecular weight is 249 g/mol. The van der Waals surface area contributed by atoms with Crippen molar-refractivity contribution >= 4 is 11.6 Å². The van der Waals surface area contributed by atoms with Crippen molar-refractivity contribution in [3.8, 4) is 0 Å². The third kappa shape index (κ3) is 2.33. The predicted octanol–water partition coefficient (Wildman–Crippen LogP) is 0.947. The van der Waals surface area contributed by atoms with Crippen molar-refractivity contribution in [3.05, 3.63) is 39.4 Å². The predicted molar refractivity (Wildman–Crippen MR) is 66.6 cm³/mol. The molecule has 1 aromatic rings. The second kappa shape index (κ2) is 4.73. The second-order valence-corrected chi connectivity index (χ2v) is 4.54. The van der Waals surface area contributed by atoms with Crippen LogP contribution in [0.1, 0.15) is 15.9 Å². The van der Waals surface area contributed by atoms with E-state index in [1.165, 1.54) is 12.1 Å². The fraction of sp³-hybridized carbons (Fsp3) is 0.417. The normalized spacial score (nSPS) is 15.0. The lowest BCUT2D eigenvalue weighted by molar-refractivity contribution is -0.384. The number of nitro groups is 1. The minimum atomic E-state index is -0.477. The van der Waals surface area contributed by atoms with E-state index in [9.17, 15) is 14.9 Å². The highest BCUT2D eigenvalue weighted by Gasteiger charge is 2.26. The van der Waals surface area contributed by atoms with Crippen LogP contribution in [0.5, 0.6) is 0 Å². The molecule has 0 unspecified atom stereocenters. The molecule has 1 aliphatic heterocycles. The lowest BCUT2D eigenvalue weighted by Crippen LogP contribution is -2.57. The first-order chi connectivity index (χ1) is 8.49. The van der Waals surface area contributed by atoms with Crippen molar-refractivity contribution in [2.75, 3.05) is 20.1 Å². The molecule has 1 aromatic carbocycles. The number of carbonyl (C=O) groups excluding carboxylic acids is 1. The average Bonchev–Trinajstić information content (AvgIpc) is 2.24. The number of rotatable bonds is 3. The molecule has 6 heteroatoms. The van der Waals surface area contributed by atoms with Crippen LogP contribution in [-0.2, 0) is 0 Å². The van der Waals surface area contributed by atoms with Crippen molar-refractivity contribution in [2.45, 2.75) is 13.0 Å². The molecule has 18 heavy (non-hydrogen) atoms. The maximum Gasteiger partial charge on any atom is 0.270 e. The maximum atomic E-state index is 12.2. The fourth-order valence-corrected chi connectivity index (χ4v) is 1.91. The standard InChI is InChI=1S/C12H15N3O3/c1-8-3-9(5-10(4-8)15(17)18)12(16)14(2)11-6-13-7-11/h3-5,11,13H,6-7H2,1-2H3. The first-order valence-corrected chi connectivity index (χ1v) is 5.73. The molecule has 0 atom stereocenters. The zero-order valence-electron chi connectivity index (χ0n) is 10.3. The topological polar surface area (TPSA) is 75.5 Å². The van der Waals surface area contributed by atoms with E-state index in [1.807, 2.05) is 0 Å². The van der Waals surface area contributed by atoms with E-state index in [2.05, 4.69) is 5.32 Å². The highest BCUT2D eigenvalue weighted by Crippen LogP contribution is 2.19. The molecule has 1 amide bonds. The molecule has 6 nitrogen and oxygen atoms in total.